The first-order valence-electron chi connectivity index (χ1n) is 5.70. The number of hydrogen-bond donors (Lipinski definition) is 1. The Hall–Kier alpha value is -0.240. The minimum absolute atomic E-state index is 0.208. The maximum Gasteiger partial charge on any atom is 0.223 e. The molecule has 80 valence electrons. The van der Waals surface area contributed by atoms with Crippen molar-refractivity contribution in [3.63, 3.8) is 0 Å². The van der Waals surface area contributed by atoms with Gasteiger partial charge in [-0.3, -0.25) is 4.79 Å². The first-order chi connectivity index (χ1) is 6.75. The van der Waals surface area contributed by atoms with E-state index >= 15 is 0 Å². The van der Waals surface area contributed by atoms with Crippen LogP contribution in [0.5, 0.6) is 0 Å². The molecule has 0 spiro atoms. The molecule has 14 heavy (non-hydrogen) atoms. The monoisotopic (exact) mass is 215 g/mol. The molecule has 2 saturated carbocycles. The fraction of sp³-hybridized carbons (Fsp3) is 0.909. The fourth-order valence-electron chi connectivity index (χ4n) is 2.33. The normalized spacial score (nSPS) is 33.5. The summed E-state index contributed by atoms with van der Waals surface area (Å²) in [6.07, 6.45) is 7.97. The molecule has 1 amide bonds. The van der Waals surface area contributed by atoms with E-state index in [0.29, 0.717) is 6.04 Å². The summed E-state index contributed by atoms with van der Waals surface area (Å²) in [5, 5.41) is 3.39. The van der Waals surface area contributed by atoms with Crippen molar-refractivity contribution < 1.29 is 4.79 Å². The van der Waals surface area contributed by atoms with E-state index in [9.17, 15) is 4.79 Å². The summed E-state index contributed by atoms with van der Waals surface area (Å²) in [6, 6.07) is 0.450. The Morgan fingerprint density at radius 2 is 1.79 bits per heavy atom. The predicted octanol–water partition coefficient (Wildman–Crippen LogP) is 2.45. The molecule has 0 aromatic rings. The Labute approximate surface area is 90.4 Å². The van der Waals surface area contributed by atoms with Crippen LogP contribution in [-0.2, 0) is 4.79 Å². The highest BCUT2D eigenvalue weighted by molar-refractivity contribution is 6.21. The number of rotatable bonds is 2. The van der Waals surface area contributed by atoms with Gasteiger partial charge in [-0.05, 0) is 25.7 Å². The molecule has 0 saturated heterocycles. The second-order valence-electron chi connectivity index (χ2n) is 4.61. The third-order valence-corrected chi connectivity index (χ3v) is 3.76. The van der Waals surface area contributed by atoms with Crippen molar-refractivity contribution in [3.8, 4) is 0 Å². The molecule has 0 aliphatic heterocycles. The van der Waals surface area contributed by atoms with Crippen LogP contribution in [0.1, 0.15) is 44.9 Å². The molecule has 0 radical (unpaired) electrons. The second kappa shape index (κ2) is 4.52. The van der Waals surface area contributed by atoms with Gasteiger partial charge in [-0.2, -0.15) is 0 Å². The molecule has 3 heteroatoms. The maximum atomic E-state index is 11.7. The van der Waals surface area contributed by atoms with E-state index in [0.717, 1.165) is 12.8 Å². The lowest BCUT2D eigenvalue weighted by Gasteiger charge is -2.32. The van der Waals surface area contributed by atoms with Crippen LogP contribution >= 0.6 is 11.6 Å². The molecular formula is C11H18ClNO. The van der Waals surface area contributed by atoms with E-state index in [2.05, 4.69) is 5.32 Å². The van der Waals surface area contributed by atoms with Gasteiger partial charge in [0.1, 0.15) is 0 Å². The molecule has 0 atom stereocenters. The number of carbonyl (C=O) groups excluding carboxylic acids is 1. The third kappa shape index (κ3) is 2.41. The second-order valence-corrected chi connectivity index (χ2v) is 5.23. The summed E-state index contributed by atoms with van der Waals surface area (Å²) >= 11 is 5.85. The molecular weight excluding hydrogens is 198 g/mol. The lowest BCUT2D eigenvalue weighted by Crippen LogP contribution is -2.44. The number of halogens is 1. The van der Waals surface area contributed by atoms with Crippen molar-refractivity contribution in [1.82, 2.24) is 5.32 Å². The highest BCUT2D eigenvalue weighted by atomic mass is 35.5. The van der Waals surface area contributed by atoms with Gasteiger partial charge in [-0.25, -0.2) is 0 Å². The highest BCUT2D eigenvalue weighted by Gasteiger charge is 2.33. The van der Waals surface area contributed by atoms with Gasteiger partial charge in [0.05, 0.1) is 0 Å². The van der Waals surface area contributed by atoms with E-state index in [1.807, 2.05) is 0 Å². The zero-order chi connectivity index (χ0) is 9.97. The summed E-state index contributed by atoms with van der Waals surface area (Å²) in [5.74, 6) is 0.452. The summed E-state index contributed by atoms with van der Waals surface area (Å²) in [4.78, 5) is 11.7. The van der Waals surface area contributed by atoms with Crippen molar-refractivity contribution in [2.45, 2.75) is 56.4 Å². The van der Waals surface area contributed by atoms with Crippen LogP contribution < -0.4 is 5.32 Å². The van der Waals surface area contributed by atoms with Gasteiger partial charge in [0.2, 0.25) is 5.91 Å². The van der Waals surface area contributed by atoms with Crippen LogP contribution in [0, 0.1) is 5.92 Å². The quantitative estimate of drug-likeness (QED) is 0.705. The summed E-state index contributed by atoms with van der Waals surface area (Å²) in [7, 11) is 0. The molecule has 2 aliphatic carbocycles. The minimum Gasteiger partial charge on any atom is -0.353 e. The average molecular weight is 216 g/mol. The van der Waals surface area contributed by atoms with Crippen molar-refractivity contribution >= 4 is 17.5 Å². The first-order valence-corrected chi connectivity index (χ1v) is 6.14. The fourth-order valence-corrected chi connectivity index (χ4v) is 2.76. The molecule has 0 aromatic heterocycles. The standard InChI is InChI=1S/C11H18ClNO/c12-9-6-8(7-9)11(14)13-10-4-2-1-3-5-10/h8-10H,1-7H2,(H,13,14). The number of nitrogens with one attached hydrogen (secondary N) is 1. The van der Waals surface area contributed by atoms with Crippen LogP contribution in [0.4, 0.5) is 0 Å². The molecule has 2 nitrogen and oxygen atoms in total. The van der Waals surface area contributed by atoms with Gasteiger partial charge in [0.15, 0.2) is 0 Å². The molecule has 2 aliphatic rings. The van der Waals surface area contributed by atoms with Crippen molar-refractivity contribution in [2.24, 2.45) is 5.92 Å². The van der Waals surface area contributed by atoms with Crippen LogP contribution in [-0.4, -0.2) is 17.3 Å². The van der Waals surface area contributed by atoms with Crippen LogP contribution in [0.2, 0.25) is 0 Å². The Kier molecular flexibility index (Phi) is 3.32. The summed E-state index contributed by atoms with van der Waals surface area (Å²) in [6.45, 7) is 0. The van der Waals surface area contributed by atoms with Gasteiger partial charge in [-0.1, -0.05) is 19.3 Å². The van der Waals surface area contributed by atoms with Gasteiger partial charge in [-0.15, -0.1) is 11.6 Å². The molecule has 2 rings (SSSR count). The average Bonchev–Trinajstić information content (AvgIpc) is 2.14. The SMILES string of the molecule is O=C(NC1CCCCC1)C1CC(Cl)C1. The topological polar surface area (TPSA) is 29.1 Å². The van der Waals surface area contributed by atoms with E-state index in [4.69, 9.17) is 11.6 Å². The van der Waals surface area contributed by atoms with Gasteiger partial charge >= 0.3 is 0 Å². The molecule has 0 heterocycles. The Balaban J connectivity index is 1.71. The molecule has 2 fully saturated rings. The summed E-state index contributed by atoms with van der Waals surface area (Å²) in [5.41, 5.74) is 0. The van der Waals surface area contributed by atoms with Crippen LogP contribution in [0.25, 0.3) is 0 Å². The van der Waals surface area contributed by atoms with Crippen molar-refractivity contribution in [1.29, 1.82) is 0 Å². The van der Waals surface area contributed by atoms with Gasteiger partial charge in [0, 0.05) is 17.3 Å². The smallest absolute Gasteiger partial charge is 0.223 e. The molecule has 0 unspecified atom stereocenters. The van der Waals surface area contributed by atoms with E-state index in [-0.39, 0.29) is 17.2 Å². The maximum absolute atomic E-state index is 11.7. The number of amides is 1. The minimum atomic E-state index is 0.208. The number of carbonyl (C=O) groups is 1. The zero-order valence-electron chi connectivity index (χ0n) is 8.47. The lowest BCUT2D eigenvalue weighted by molar-refractivity contribution is -0.128. The van der Waals surface area contributed by atoms with E-state index in [1.54, 1.807) is 0 Å². The summed E-state index contributed by atoms with van der Waals surface area (Å²) < 4.78 is 0. The third-order valence-electron chi connectivity index (χ3n) is 3.40. The van der Waals surface area contributed by atoms with Crippen LogP contribution in [0.3, 0.4) is 0 Å². The predicted molar refractivity (Wildman–Crippen MR) is 57.4 cm³/mol. The van der Waals surface area contributed by atoms with Gasteiger partial charge < -0.3 is 5.32 Å². The number of alkyl halides is 1. The molecule has 0 bridgehead atoms. The number of hydrogen-bond acceptors (Lipinski definition) is 1. The molecule has 1 N–H and O–H groups in total. The zero-order valence-corrected chi connectivity index (χ0v) is 9.22. The Morgan fingerprint density at radius 1 is 1.14 bits per heavy atom. The van der Waals surface area contributed by atoms with Crippen LogP contribution in [0.15, 0.2) is 0 Å². The Bertz CT molecular complexity index is 207. The van der Waals surface area contributed by atoms with Gasteiger partial charge in [0.25, 0.3) is 0 Å². The highest BCUT2D eigenvalue weighted by Crippen LogP contribution is 2.32. The van der Waals surface area contributed by atoms with Crippen molar-refractivity contribution in [3.05, 3.63) is 0 Å². The van der Waals surface area contributed by atoms with E-state index < -0.39 is 0 Å². The Morgan fingerprint density at radius 3 is 2.36 bits per heavy atom. The van der Waals surface area contributed by atoms with E-state index in [1.165, 1.54) is 32.1 Å². The molecule has 0 aromatic carbocycles. The largest absolute Gasteiger partial charge is 0.353 e. The lowest BCUT2D eigenvalue weighted by atomic mass is 9.83. The van der Waals surface area contributed by atoms with Crippen molar-refractivity contribution in [2.75, 3.05) is 0 Å². The first kappa shape index (κ1) is 10.3.